The maximum atomic E-state index is 13.6. The highest BCUT2D eigenvalue weighted by Crippen LogP contribution is 2.25. The lowest BCUT2D eigenvalue weighted by atomic mass is 10.2. The minimum atomic E-state index is -4.15. The summed E-state index contributed by atoms with van der Waals surface area (Å²) in [4.78, 5) is -0.373. The average molecular weight is 377 g/mol. The molecule has 0 amide bonds. The fourth-order valence-electron chi connectivity index (χ4n) is 1.61. The van der Waals surface area contributed by atoms with Gasteiger partial charge in [-0.05, 0) is 37.3 Å². The monoisotopic (exact) mass is 376 g/mol. The summed E-state index contributed by atoms with van der Waals surface area (Å²) in [7, 11) is -4.15. The summed E-state index contributed by atoms with van der Waals surface area (Å²) in [5, 5.41) is 0. The SMILES string of the molecule is Cc1c(N)cc(S(=O)(=O)Nc2cc(Br)ccc2F)cc1F. The van der Waals surface area contributed by atoms with E-state index in [2.05, 4.69) is 20.7 Å². The Bertz CT molecular complexity index is 787. The highest BCUT2D eigenvalue weighted by molar-refractivity contribution is 9.10. The molecule has 0 atom stereocenters. The van der Waals surface area contributed by atoms with Gasteiger partial charge in [-0.25, -0.2) is 17.2 Å². The van der Waals surface area contributed by atoms with E-state index in [4.69, 9.17) is 5.73 Å². The molecule has 4 nitrogen and oxygen atoms in total. The van der Waals surface area contributed by atoms with Crippen LogP contribution < -0.4 is 10.5 Å². The predicted octanol–water partition coefficient (Wildman–Crippen LogP) is 3.42. The van der Waals surface area contributed by atoms with Gasteiger partial charge in [0.25, 0.3) is 10.0 Å². The molecule has 2 rings (SSSR count). The first-order valence-corrected chi connectivity index (χ1v) is 8.02. The number of halogens is 3. The molecule has 0 saturated heterocycles. The van der Waals surface area contributed by atoms with E-state index in [1.54, 1.807) is 0 Å². The molecule has 2 aromatic rings. The van der Waals surface area contributed by atoms with Crippen LogP contribution in [-0.2, 0) is 10.0 Å². The number of sulfonamides is 1. The van der Waals surface area contributed by atoms with E-state index in [9.17, 15) is 17.2 Å². The molecule has 0 aliphatic heterocycles. The Morgan fingerprint density at radius 2 is 1.81 bits per heavy atom. The summed E-state index contributed by atoms with van der Waals surface area (Å²) in [6, 6.07) is 5.75. The summed E-state index contributed by atoms with van der Waals surface area (Å²) in [6.07, 6.45) is 0. The van der Waals surface area contributed by atoms with Crippen LogP contribution in [0.25, 0.3) is 0 Å². The molecular formula is C13H11BrF2N2O2S. The normalized spacial score (nSPS) is 11.4. The molecule has 0 aliphatic carbocycles. The molecule has 0 unspecified atom stereocenters. The maximum absolute atomic E-state index is 13.6. The fraction of sp³-hybridized carbons (Fsp3) is 0.0769. The first-order chi connectivity index (χ1) is 9.70. The second-order valence-corrected chi connectivity index (χ2v) is 6.95. The second kappa shape index (κ2) is 5.61. The molecule has 8 heteroatoms. The number of nitrogens with two attached hydrogens (primary N) is 1. The molecule has 0 fully saturated rings. The van der Waals surface area contributed by atoms with Crippen LogP contribution in [0.2, 0.25) is 0 Å². The van der Waals surface area contributed by atoms with Gasteiger partial charge in [-0.15, -0.1) is 0 Å². The standard InChI is InChI=1S/C13H11BrF2N2O2S/c1-7-11(16)5-9(6-12(7)17)21(19,20)18-13-4-8(14)2-3-10(13)15/h2-6,18H,17H2,1H3. The molecule has 112 valence electrons. The molecule has 0 spiro atoms. The Balaban J connectivity index is 2.46. The number of hydrogen-bond donors (Lipinski definition) is 2. The minimum Gasteiger partial charge on any atom is -0.398 e. The smallest absolute Gasteiger partial charge is 0.262 e. The lowest BCUT2D eigenvalue weighted by molar-refractivity contribution is 0.592. The van der Waals surface area contributed by atoms with Gasteiger partial charge in [0, 0.05) is 15.7 Å². The van der Waals surface area contributed by atoms with Crippen LogP contribution in [-0.4, -0.2) is 8.42 Å². The van der Waals surface area contributed by atoms with E-state index in [0.717, 1.165) is 18.2 Å². The summed E-state index contributed by atoms with van der Waals surface area (Å²) < 4.78 is 54.1. The number of rotatable bonds is 3. The first kappa shape index (κ1) is 15.7. The molecule has 2 aromatic carbocycles. The highest BCUT2D eigenvalue weighted by atomic mass is 79.9. The van der Waals surface area contributed by atoms with Crippen LogP contribution in [0, 0.1) is 18.6 Å². The zero-order chi connectivity index (χ0) is 15.8. The Morgan fingerprint density at radius 1 is 1.14 bits per heavy atom. The lowest BCUT2D eigenvalue weighted by Crippen LogP contribution is -2.15. The molecule has 0 saturated carbocycles. The van der Waals surface area contributed by atoms with E-state index in [-0.39, 0.29) is 21.8 Å². The Morgan fingerprint density at radius 3 is 2.43 bits per heavy atom. The van der Waals surface area contributed by atoms with Gasteiger partial charge in [0.05, 0.1) is 10.6 Å². The van der Waals surface area contributed by atoms with Gasteiger partial charge in [0.1, 0.15) is 11.6 Å². The molecule has 0 heterocycles. The van der Waals surface area contributed by atoms with Crippen molar-refractivity contribution in [1.82, 2.24) is 0 Å². The number of anilines is 2. The number of nitrogens with one attached hydrogen (secondary N) is 1. The van der Waals surface area contributed by atoms with Crippen LogP contribution >= 0.6 is 15.9 Å². The van der Waals surface area contributed by atoms with Crippen LogP contribution in [0.5, 0.6) is 0 Å². The minimum absolute atomic E-state index is 0.00471. The van der Waals surface area contributed by atoms with Crippen molar-refractivity contribution in [3.63, 3.8) is 0 Å². The van der Waals surface area contributed by atoms with Gasteiger partial charge in [-0.2, -0.15) is 0 Å². The van der Waals surface area contributed by atoms with Crippen molar-refractivity contribution >= 4 is 37.3 Å². The van der Waals surface area contributed by atoms with Crippen molar-refractivity contribution in [3.05, 3.63) is 52.0 Å². The van der Waals surface area contributed by atoms with E-state index < -0.39 is 21.7 Å². The second-order valence-electron chi connectivity index (χ2n) is 4.35. The van der Waals surface area contributed by atoms with Crippen LogP contribution in [0.3, 0.4) is 0 Å². The van der Waals surface area contributed by atoms with Crippen molar-refractivity contribution in [1.29, 1.82) is 0 Å². The largest absolute Gasteiger partial charge is 0.398 e. The highest BCUT2D eigenvalue weighted by Gasteiger charge is 2.19. The van der Waals surface area contributed by atoms with Crippen molar-refractivity contribution in [2.24, 2.45) is 0 Å². The van der Waals surface area contributed by atoms with Crippen molar-refractivity contribution in [2.45, 2.75) is 11.8 Å². The van der Waals surface area contributed by atoms with Gasteiger partial charge >= 0.3 is 0 Å². The van der Waals surface area contributed by atoms with Gasteiger partial charge < -0.3 is 5.73 Å². The number of benzene rings is 2. The summed E-state index contributed by atoms with van der Waals surface area (Å²) in [5.74, 6) is -1.49. The summed E-state index contributed by atoms with van der Waals surface area (Å²) in [5.41, 5.74) is 5.47. The third kappa shape index (κ3) is 3.33. The average Bonchev–Trinajstić information content (AvgIpc) is 2.39. The van der Waals surface area contributed by atoms with E-state index >= 15 is 0 Å². The first-order valence-electron chi connectivity index (χ1n) is 5.74. The summed E-state index contributed by atoms with van der Waals surface area (Å²) >= 11 is 3.11. The van der Waals surface area contributed by atoms with E-state index in [1.807, 2.05) is 0 Å². The number of hydrogen-bond acceptors (Lipinski definition) is 3. The molecule has 0 bridgehead atoms. The van der Waals surface area contributed by atoms with Crippen molar-refractivity contribution in [2.75, 3.05) is 10.5 Å². The summed E-state index contributed by atoms with van der Waals surface area (Å²) in [6.45, 7) is 1.43. The Hall–Kier alpha value is -1.67. The van der Waals surface area contributed by atoms with Crippen LogP contribution in [0.4, 0.5) is 20.2 Å². The molecule has 0 aromatic heterocycles. The van der Waals surface area contributed by atoms with Gasteiger partial charge in [-0.1, -0.05) is 15.9 Å². The lowest BCUT2D eigenvalue weighted by Gasteiger charge is -2.11. The van der Waals surface area contributed by atoms with Crippen molar-refractivity contribution in [3.8, 4) is 0 Å². The Kier molecular flexibility index (Phi) is 4.20. The van der Waals surface area contributed by atoms with Crippen LogP contribution in [0.15, 0.2) is 39.7 Å². The predicted molar refractivity (Wildman–Crippen MR) is 80.5 cm³/mol. The quantitative estimate of drug-likeness (QED) is 0.806. The molecule has 0 aliphatic rings. The molecule has 0 radical (unpaired) electrons. The van der Waals surface area contributed by atoms with Crippen molar-refractivity contribution < 1.29 is 17.2 Å². The van der Waals surface area contributed by atoms with Crippen LogP contribution in [0.1, 0.15) is 5.56 Å². The number of nitrogen functional groups attached to an aromatic ring is 1. The molecule has 21 heavy (non-hydrogen) atoms. The van der Waals surface area contributed by atoms with E-state index in [1.165, 1.54) is 19.1 Å². The van der Waals surface area contributed by atoms with E-state index in [0.29, 0.717) is 4.47 Å². The van der Waals surface area contributed by atoms with Gasteiger partial charge in [-0.3, -0.25) is 4.72 Å². The van der Waals surface area contributed by atoms with Gasteiger partial charge in [0.15, 0.2) is 0 Å². The zero-order valence-corrected chi connectivity index (χ0v) is 13.2. The zero-order valence-electron chi connectivity index (χ0n) is 10.8. The van der Waals surface area contributed by atoms with Gasteiger partial charge in [0.2, 0.25) is 0 Å². The Labute approximate surface area is 129 Å². The third-order valence-electron chi connectivity index (χ3n) is 2.84. The third-order valence-corrected chi connectivity index (χ3v) is 4.68. The topological polar surface area (TPSA) is 72.2 Å². The fourth-order valence-corrected chi connectivity index (χ4v) is 3.07. The molecule has 3 N–H and O–H groups in total. The maximum Gasteiger partial charge on any atom is 0.262 e. The molecular weight excluding hydrogens is 366 g/mol.